The number of benzene rings is 1. The van der Waals surface area contributed by atoms with Crippen LogP contribution in [0, 0.1) is 0 Å². The fraction of sp³-hybridized carbons (Fsp3) is 0.400. The molecule has 1 saturated carbocycles. The van der Waals surface area contributed by atoms with Gasteiger partial charge in [-0.25, -0.2) is 0 Å². The lowest BCUT2D eigenvalue weighted by molar-refractivity contribution is 0.638. The monoisotopic (exact) mass is 299 g/mol. The highest BCUT2D eigenvalue weighted by atomic mass is 32.1. The van der Waals surface area contributed by atoms with Crippen LogP contribution < -0.4 is 5.73 Å². The lowest BCUT2D eigenvalue weighted by atomic mass is 10.1. The summed E-state index contributed by atoms with van der Waals surface area (Å²) in [7, 11) is 0. The first-order valence-corrected chi connectivity index (χ1v) is 8.17. The zero-order valence-electron chi connectivity index (χ0n) is 11.7. The summed E-state index contributed by atoms with van der Waals surface area (Å²) in [6, 6.07) is 7.96. The lowest BCUT2D eigenvalue weighted by Crippen LogP contribution is -2.02. The molecule has 6 heteroatoms. The van der Waals surface area contributed by atoms with Gasteiger partial charge in [0.25, 0.3) is 0 Å². The van der Waals surface area contributed by atoms with Crippen LogP contribution in [0.4, 0.5) is 5.69 Å². The molecule has 1 aliphatic carbocycles. The largest absolute Gasteiger partial charge is 0.399 e. The number of rotatable bonds is 3. The maximum Gasteiger partial charge on any atom is 0.234 e. The van der Waals surface area contributed by atoms with Crippen molar-refractivity contribution in [3.05, 3.63) is 40.7 Å². The minimum Gasteiger partial charge on any atom is -0.399 e. The Bertz CT molecular complexity index is 769. The highest BCUT2D eigenvalue weighted by Gasteiger charge is 2.24. The van der Waals surface area contributed by atoms with Crippen molar-refractivity contribution in [3.63, 3.8) is 0 Å². The molecule has 0 atom stereocenters. The van der Waals surface area contributed by atoms with E-state index < -0.39 is 0 Å². The molecule has 0 radical (unpaired) electrons. The van der Waals surface area contributed by atoms with Crippen molar-refractivity contribution in [2.24, 2.45) is 0 Å². The van der Waals surface area contributed by atoms with Crippen molar-refractivity contribution in [1.29, 1.82) is 0 Å². The molecular weight excluding hydrogens is 282 g/mol. The topological polar surface area (TPSA) is 69.1 Å². The predicted molar refractivity (Wildman–Crippen MR) is 83.5 cm³/mol. The molecule has 5 nitrogen and oxygen atoms in total. The Kier molecular flexibility index (Phi) is 3.11. The van der Waals surface area contributed by atoms with Gasteiger partial charge in [0.05, 0.1) is 0 Å². The van der Waals surface area contributed by atoms with Gasteiger partial charge < -0.3 is 5.73 Å². The minimum absolute atomic E-state index is 0.530. The van der Waals surface area contributed by atoms with Crippen molar-refractivity contribution >= 4 is 22.0 Å². The quantitative estimate of drug-likeness (QED) is 0.755. The third-order valence-corrected chi connectivity index (χ3v) is 4.98. The number of nitrogens with zero attached hydrogens (tertiary/aromatic N) is 4. The third kappa shape index (κ3) is 2.40. The first-order valence-electron chi connectivity index (χ1n) is 7.35. The summed E-state index contributed by atoms with van der Waals surface area (Å²) in [5.74, 6) is 1.57. The van der Waals surface area contributed by atoms with Gasteiger partial charge in [0.1, 0.15) is 5.01 Å². The minimum atomic E-state index is 0.530. The molecule has 1 fully saturated rings. The fourth-order valence-electron chi connectivity index (χ4n) is 3.06. The van der Waals surface area contributed by atoms with E-state index in [0.29, 0.717) is 5.92 Å². The number of hydrogen-bond acceptors (Lipinski definition) is 5. The van der Waals surface area contributed by atoms with Crippen LogP contribution in [-0.2, 0) is 6.42 Å². The summed E-state index contributed by atoms with van der Waals surface area (Å²) >= 11 is 1.62. The number of aromatic nitrogens is 4. The van der Waals surface area contributed by atoms with E-state index in [1.54, 1.807) is 11.3 Å². The molecule has 2 N–H and O–H groups in total. The van der Waals surface area contributed by atoms with Gasteiger partial charge in [-0.2, -0.15) is 9.61 Å². The first-order chi connectivity index (χ1) is 10.3. The van der Waals surface area contributed by atoms with Crippen LogP contribution >= 0.6 is 11.3 Å². The SMILES string of the molecule is Nc1cccc(Cc2nn3c(C4CCCC4)nnc3s2)c1. The van der Waals surface area contributed by atoms with Crippen LogP contribution in [0.25, 0.3) is 4.96 Å². The Balaban J connectivity index is 1.64. The van der Waals surface area contributed by atoms with Gasteiger partial charge in [0, 0.05) is 18.0 Å². The standard InChI is InChI=1S/C15H17N5S/c16-12-7-3-4-10(8-12)9-13-19-20-14(11-5-1-2-6-11)17-18-15(20)21-13/h3-4,7-8,11H,1-2,5-6,9,16H2. The second-order valence-electron chi connectivity index (χ2n) is 5.65. The van der Waals surface area contributed by atoms with Crippen LogP contribution in [0.5, 0.6) is 0 Å². The molecule has 108 valence electrons. The normalized spacial score (nSPS) is 16.0. The molecule has 0 saturated heterocycles. The molecule has 2 aromatic heterocycles. The summed E-state index contributed by atoms with van der Waals surface area (Å²) < 4.78 is 1.95. The highest BCUT2D eigenvalue weighted by molar-refractivity contribution is 7.16. The van der Waals surface area contributed by atoms with Crippen LogP contribution in [0.2, 0.25) is 0 Å². The van der Waals surface area contributed by atoms with Gasteiger partial charge in [-0.3, -0.25) is 0 Å². The van der Waals surface area contributed by atoms with E-state index in [-0.39, 0.29) is 0 Å². The molecule has 4 rings (SSSR count). The van der Waals surface area contributed by atoms with E-state index in [1.165, 1.54) is 31.2 Å². The van der Waals surface area contributed by atoms with E-state index in [0.717, 1.165) is 27.9 Å². The van der Waals surface area contributed by atoms with Crippen molar-refractivity contribution in [2.45, 2.75) is 38.0 Å². The smallest absolute Gasteiger partial charge is 0.234 e. The van der Waals surface area contributed by atoms with Crippen LogP contribution in [-0.4, -0.2) is 19.8 Å². The Morgan fingerprint density at radius 3 is 2.90 bits per heavy atom. The maximum absolute atomic E-state index is 5.83. The van der Waals surface area contributed by atoms with E-state index in [1.807, 2.05) is 22.7 Å². The highest BCUT2D eigenvalue weighted by Crippen LogP contribution is 2.33. The zero-order chi connectivity index (χ0) is 14.2. The number of anilines is 1. The van der Waals surface area contributed by atoms with Crippen molar-refractivity contribution in [2.75, 3.05) is 5.73 Å². The van der Waals surface area contributed by atoms with Crippen molar-refractivity contribution in [3.8, 4) is 0 Å². The second kappa shape index (κ2) is 5.11. The van der Waals surface area contributed by atoms with E-state index >= 15 is 0 Å². The van der Waals surface area contributed by atoms with Gasteiger partial charge in [0.2, 0.25) is 4.96 Å². The molecule has 2 heterocycles. The average molecular weight is 299 g/mol. The molecule has 0 unspecified atom stereocenters. The van der Waals surface area contributed by atoms with Crippen molar-refractivity contribution in [1.82, 2.24) is 19.8 Å². The molecule has 0 spiro atoms. The predicted octanol–water partition coefficient (Wildman–Crippen LogP) is 3.02. The van der Waals surface area contributed by atoms with E-state index in [4.69, 9.17) is 10.8 Å². The number of nitrogens with two attached hydrogens (primary N) is 1. The molecule has 0 bridgehead atoms. The Labute approximate surface area is 126 Å². The second-order valence-corrected chi connectivity index (χ2v) is 6.69. The number of fused-ring (bicyclic) bond motifs is 1. The Hall–Kier alpha value is -1.95. The van der Waals surface area contributed by atoms with Crippen LogP contribution in [0.3, 0.4) is 0 Å². The average Bonchev–Trinajstić information content (AvgIpc) is 3.14. The van der Waals surface area contributed by atoms with E-state index in [2.05, 4.69) is 16.3 Å². The van der Waals surface area contributed by atoms with Gasteiger partial charge in [-0.1, -0.05) is 36.3 Å². The maximum atomic E-state index is 5.83. The molecular formula is C15H17N5S. The summed E-state index contributed by atoms with van der Waals surface area (Å²) in [5.41, 5.74) is 7.81. The summed E-state index contributed by atoms with van der Waals surface area (Å²) in [4.78, 5) is 0.899. The molecule has 21 heavy (non-hydrogen) atoms. The van der Waals surface area contributed by atoms with Crippen molar-refractivity contribution < 1.29 is 0 Å². The van der Waals surface area contributed by atoms with E-state index in [9.17, 15) is 0 Å². The fourth-order valence-corrected chi connectivity index (χ4v) is 3.93. The Morgan fingerprint density at radius 1 is 1.24 bits per heavy atom. The Morgan fingerprint density at radius 2 is 2.10 bits per heavy atom. The molecule has 3 aromatic rings. The summed E-state index contributed by atoms with van der Waals surface area (Å²) in [6.07, 6.45) is 5.80. The number of nitrogen functional groups attached to an aromatic ring is 1. The lowest BCUT2D eigenvalue weighted by Gasteiger charge is -2.03. The molecule has 0 aliphatic heterocycles. The van der Waals surface area contributed by atoms with Crippen LogP contribution in [0.1, 0.15) is 48.0 Å². The molecule has 1 aliphatic rings. The van der Waals surface area contributed by atoms with Gasteiger partial charge in [-0.15, -0.1) is 10.2 Å². The third-order valence-electron chi connectivity index (χ3n) is 4.08. The van der Waals surface area contributed by atoms with Gasteiger partial charge in [0.15, 0.2) is 5.82 Å². The van der Waals surface area contributed by atoms with Gasteiger partial charge in [-0.05, 0) is 30.5 Å². The summed E-state index contributed by atoms with van der Waals surface area (Å²) in [5, 5.41) is 14.4. The zero-order valence-corrected chi connectivity index (χ0v) is 12.5. The summed E-state index contributed by atoms with van der Waals surface area (Å²) in [6.45, 7) is 0. The molecule has 1 aromatic carbocycles. The first kappa shape index (κ1) is 12.8. The van der Waals surface area contributed by atoms with Gasteiger partial charge >= 0.3 is 0 Å². The molecule has 0 amide bonds. The number of hydrogen-bond donors (Lipinski definition) is 1. The van der Waals surface area contributed by atoms with Crippen LogP contribution in [0.15, 0.2) is 24.3 Å².